The van der Waals surface area contributed by atoms with Crippen LogP contribution in [0.25, 0.3) is 0 Å². The van der Waals surface area contributed by atoms with Gasteiger partial charge in [0.1, 0.15) is 5.75 Å². The second kappa shape index (κ2) is 11.2. The van der Waals surface area contributed by atoms with Crippen LogP contribution in [0.4, 0.5) is 5.95 Å². The van der Waals surface area contributed by atoms with Gasteiger partial charge in [0.2, 0.25) is 17.8 Å². The summed E-state index contributed by atoms with van der Waals surface area (Å²) in [4.78, 5) is 38.7. The van der Waals surface area contributed by atoms with Crippen molar-refractivity contribution in [1.82, 2.24) is 19.9 Å². The molecule has 0 N–H and O–H groups in total. The van der Waals surface area contributed by atoms with Crippen LogP contribution >= 0.6 is 0 Å². The van der Waals surface area contributed by atoms with Crippen LogP contribution in [0.3, 0.4) is 0 Å². The van der Waals surface area contributed by atoms with Gasteiger partial charge in [0.05, 0.1) is 18.9 Å². The van der Waals surface area contributed by atoms with Gasteiger partial charge in [-0.1, -0.05) is 42.5 Å². The maximum atomic E-state index is 13.4. The van der Waals surface area contributed by atoms with E-state index in [-0.39, 0.29) is 30.7 Å². The maximum absolute atomic E-state index is 13.4. The highest BCUT2D eigenvalue weighted by atomic mass is 16.5. The number of ether oxygens (including phenoxy) is 1. The van der Waals surface area contributed by atoms with E-state index in [9.17, 15) is 9.59 Å². The summed E-state index contributed by atoms with van der Waals surface area (Å²) in [6.07, 6.45) is 4.31. The summed E-state index contributed by atoms with van der Waals surface area (Å²) in [6.45, 7) is 2.50. The van der Waals surface area contributed by atoms with Crippen LogP contribution in [-0.2, 0) is 9.59 Å². The lowest BCUT2D eigenvalue weighted by molar-refractivity contribution is -0.138. The molecule has 37 heavy (non-hydrogen) atoms. The van der Waals surface area contributed by atoms with E-state index in [0.717, 1.165) is 22.6 Å². The zero-order valence-corrected chi connectivity index (χ0v) is 20.9. The Bertz CT molecular complexity index is 1240. The third-order valence-corrected chi connectivity index (χ3v) is 6.79. The first-order chi connectivity index (χ1) is 18.1. The molecule has 9 nitrogen and oxygen atoms in total. The fourth-order valence-electron chi connectivity index (χ4n) is 4.73. The third-order valence-electron chi connectivity index (χ3n) is 6.79. The van der Waals surface area contributed by atoms with Crippen LogP contribution in [0.2, 0.25) is 0 Å². The van der Waals surface area contributed by atoms with Crippen LogP contribution in [-0.4, -0.2) is 70.7 Å². The van der Waals surface area contributed by atoms with Gasteiger partial charge in [-0.3, -0.25) is 9.59 Å². The molecular weight excluding hydrogens is 468 g/mol. The minimum absolute atomic E-state index is 0.0190. The fourth-order valence-corrected chi connectivity index (χ4v) is 4.73. The molecule has 1 atom stereocenters. The molecule has 0 spiro atoms. The molecule has 1 saturated heterocycles. The minimum atomic E-state index is -0.224. The number of piperazine rings is 1. The van der Waals surface area contributed by atoms with Gasteiger partial charge in [-0.25, -0.2) is 15.0 Å². The number of hydrogen-bond donors (Lipinski definition) is 0. The summed E-state index contributed by atoms with van der Waals surface area (Å²) in [5.41, 5.74) is 2.84. The summed E-state index contributed by atoms with van der Waals surface area (Å²) in [7, 11) is 1.63. The Morgan fingerprint density at radius 1 is 0.865 bits per heavy atom. The number of nitrogens with zero attached hydrogens (tertiary/aromatic N) is 6. The van der Waals surface area contributed by atoms with Crippen molar-refractivity contribution in [2.45, 2.75) is 25.3 Å². The molecule has 0 aliphatic carbocycles. The highest BCUT2D eigenvalue weighted by molar-refractivity contribution is 6.03. The molecule has 3 aromatic rings. The van der Waals surface area contributed by atoms with Crippen molar-refractivity contribution in [3.05, 3.63) is 84.2 Å². The van der Waals surface area contributed by atoms with Gasteiger partial charge in [0, 0.05) is 57.8 Å². The molecule has 9 heteroatoms. The lowest BCUT2D eigenvalue weighted by Gasteiger charge is -2.34. The van der Waals surface area contributed by atoms with Crippen molar-refractivity contribution < 1.29 is 14.3 Å². The van der Waals surface area contributed by atoms with Crippen molar-refractivity contribution >= 4 is 23.5 Å². The van der Waals surface area contributed by atoms with E-state index in [1.54, 1.807) is 30.6 Å². The van der Waals surface area contributed by atoms with E-state index >= 15 is 0 Å². The number of methoxy groups -OCH3 is 1. The average molecular weight is 499 g/mol. The van der Waals surface area contributed by atoms with Gasteiger partial charge >= 0.3 is 0 Å². The second-order valence-corrected chi connectivity index (χ2v) is 9.06. The second-order valence-electron chi connectivity index (χ2n) is 9.06. The van der Waals surface area contributed by atoms with Crippen LogP contribution in [0.15, 0.2) is 78.2 Å². The topological polar surface area (TPSA) is 91.2 Å². The monoisotopic (exact) mass is 498 g/mol. The van der Waals surface area contributed by atoms with Crippen molar-refractivity contribution in [3.63, 3.8) is 0 Å². The van der Waals surface area contributed by atoms with Crippen LogP contribution in [0, 0.1) is 0 Å². The molecule has 1 aromatic heterocycles. The number of hydrogen-bond acceptors (Lipinski definition) is 7. The normalized spacial score (nSPS) is 17.5. The van der Waals surface area contributed by atoms with E-state index in [1.807, 2.05) is 59.5 Å². The van der Waals surface area contributed by atoms with Crippen LogP contribution in [0.5, 0.6) is 5.75 Å². The number of carbonyl (C=O) groups is 2. The quantitative estimate of drug-likeness (QED) is 0.497. The van der Waals surface area contributed by atoms with Crippen molar-refractivity contribution in [2.75, 3.05) is 38.2 Å². The van der Waals surface area contributed by atoms with E-state index < -0.39 is 0 Å². The molecule has 3 heterocycles. The standard InChI is InChI=1S/C28H30N6O3/c1-37-23-10-8-22(9-11-23)25-20-24(21-6-3-2-4-7-21)31-34(25)27(36)13-12-26(35)32-16-18-33(19-17-32)28-29-14-5-15-30-28/h2-11,14-15,25H,12-13,16-20H2,1H3. The molecule has 1 unspecified atom stereocenters. The lowest BCUT2D eigenvalue weighted by Crippen LogP contribution is -2.49. The van der Waals surface area contributed by atoms with Gasteiger partial charge in [-0.2, -0.15) is 5.10 Å². The van der Waals surface area contributed by atoms with E-state index in [1.165, 1.54) is 0 Å². The van der Waals surface area contributed by atoms with E-state index in [0.29, 0.717) is 38.5 Å². The van der Waals surface area contributed by atoms with Gasteiger partial charge in [0.15, 0.2) is 0 Å². The van der Waals surface area contributed by atoms with Gasteiger partial charge in [-0.05, 0) is 29.3 Å². The first kappa shape index (κ1) is 24.4. The number of anilines is 1. The predicted molar refractivity (Wildman–Crippen MR) is 140 cm³/mol. The fraction of sp³-hybridized carbons (Fsp3) is 0.321. The first-order valence-corrected chi connectivity index (χ1v) is 12.5. The number of carbonyl (C=O) groups excluding carboxylic acids is 2. The number of aromatic nitrogens is 2. The Morgan fingerprint density at radius 2 is 1.54 bits per heavy atom. The Balaban J connectivity index is 1.23. The minimum Gasteiger partial charge on any atom is -0.497 e. The maximum Gasteiger partial charge on any atom is 0.243 e. The highest BCUT2D eigenvalue weighted by Crippen LogP contribution is 2.34. The molecule has 0 radical (unpaired) electrons. The Hall–Kier alpha value is -4.27. The van der Waals surface area contributed by atoms with E-state index in [4.69, 9.17) is 9.84 Å². The lowest BCUT2D eigenvalue weighted by atomic mass is 9.98. The summed E-state index contributed by atoms with van der Waals surface area (Å²) in [5.74, 6) is 1.26. The molecule has 0 saturated carbocycles. The number of hydrazone groups is 1. The molecule has 2 aliphatic rings. The zero-order chi connectivity index (χ0) is 25.6. The van der Waals surface area contributed by atoms with E-state index in [2.05, 4.69) is 14.9 Å². The third kappa shape index (κ3) is 5.61. The number of rotatable bonds is 7. The molecule has 0 bridgehead atoms. The van der Waals surface area contributed by atoms with Crippen molar-refractivity contribution in [1.29, 1.82) is 0 Å². The Morgan fingerprint density at radius 3 is 2.22 bits per heavy atom. The SMILES string of the molecule is COc1ccc(C2CC(c3ccccc3)=NN2C(=O)CCC(=O)N2CCN(c3ncccn3)CC2)cc1. The molecule has 5 rings (SSSR count). The summed E-state index contributed by atoms with van der Waals surface area (Å²) in [5, 5.41) is 6.27. The summed E-state index contributed by atoms with van der Waals surface area (Å²) >= 11 is 0. The summed E-state index contributed by atoms with van der Waals surface area (Å²) < 4.78 is 5.29. The largest absolute Gasteiger partial charge is 0.497 e. The molecule has 1 fully saturated rings. The molecule has 2 aliphatic heterocycles. The van der Waals surface area contributed by atoms with Crippen LogP contribution in [0.1, 0.15) is 36.4 Å². The van der Waals surface area contributed by atoms with Gasteiger partial charge in [0.25, 0.3) is 0 Å². The Labute approximate surface area is 216 Å². The van der Waals surface area contributed by atoms with Crippen molar-refractivity contribution in [3.8, 4) is 5.75 Å². The molecule has 190 valence electrons. The summed E-state index contributed by atoms with van der Waals surface area (Å²) in [6, 6.07) is 19.2. The smallest absolute Gasteiger partial charge is 0.243 e. The molecular formula is C28H30N6O3. The number of benzene rings is 2. The zero-order valence-electron chi connectivity index (χ0n) is 20.9. The predicted octanol–water partition coefficient (Wildman–Crippen LogP) is 3.29. The highest BCUT2D eigenvalue weighted by Gasteiger charge is 2.33. The van der Waals surface area contributed by atoms with Crippen LogP contribution < -0.4 is 9.64 Å². The molecule has 2 aromatic carbocycles. The van der Waals surface area contributed by atoms with Crippen molar-refractivity contribution in [2.24, 2.45) is 5.10 Å². The molecule has 2 amide bonds. The Kier molecular flexibility index (Phi) is 7.39. The first-order valence-electron chi connectivity index (χ1n) is 12.5. The number of amides is 2. The van der Waals surface area contributed by atoms with Gasteiger partial charge < -0.3 is 14.5 Å². The van der Waals surface area contributed by atoms with Gasteiger partial charge in [-0.15, -0.1) is 0 Å². The average Bonchev–Trinajstić information content (AvgIpc) is 3.42.